The van der Waals surface area contributed by atoms with Crippen molar-refractivity contribution in [3.8, 4) is 5.88 Å². The Morgan fingerprint density at radius 1 is 1.28 bits per heavy atom. The van der Waals surface area contributed by atoms with Crippen LogP contribution in [0.25, 0.3) is 0 Å². The Labute approximate surface area is 150 Å². The SMILES string of the molecule is CN=C(NCCCOCC1CC1)NCc1cccnc1OCCOC. The summed E-state index contributed by atoms with van der Waals surface area (Å²) < 4.78 is 16.3. The largest absolute Gasteiger partial charge is 0.475 e. The van der Waals surface area contributed by atoms with Gasteiger partial charge in [0.15, 0.2) is 5.96 Å². The standard InChI is InChI=1S/C18H30N4O3/c1-19-18(21-9-4-10-24-14-15-6-7-15)22-13-16-5-3-8-20-17(16)25-12-11-23-2/h3,5,8,15H,4,6-7,9-14H2,1-2H3,(H2,19,21,22). The maximum Gasteiger partial charge on any atom is 0.218 e. The highest BCUT2D eigenvalue weighted by atomic mass is 16.5. The molecule has 0 aromatic carbocycles. The van der Waals surface area contributed by atoms with Crippen molar-refractivity contribution in [2.45, 2.75) is 25.8 Å². The highest BCUT2D eigenvalue weighted by molar-refractivity contribution is 5.79. The fourth-order valence-electron chi connectivity index (χ4n) is 2.23. The van der Waals surface area contributed by atoms with E-state index < -0.39 is 0 Å². The normalized spacial score (nSPS) is 14.4. The Hall–Kier alpha value is -1.86. The second kappa shape index (κ2) is 11.7. The van der Waals surface area contributed by atoms with E-state index in [0.29, 0.717) is 25.6 Å². The molecule has 2 rings (SSSR count). The average Bonchev–Trinajstić information content (AvgIpc) is 3.46. The molecule has 7 heteroatoms. The van der Waals surface area contributed by atoms with Crippen LogP contribution in [0.5, 0.6) is 5.88 Å². The fraction of sp³-hybridized carbons (Fsp3) is 0.667. The quantitative estimate of drug-likeness (QED) is 0.339. The van der Waals surface area contributed by atoms with Crippen molar-refractivity contribution < 1.29 is 14.2 Å². The van der Waals surface area contributed by atoms with Gasteiger partial charge >= 0.3 is 0 Å². The lowest BCUT2D eigenvalue weighted by atomic mass is 10.2. The summed E-state index contributed by atoms with van der Waals surface area (Å²) in [6.45, 7) is 4.15. The molecule has 0 radical (unpaired) electrons. The Balaban J connectivity index is 1.65. The summed E-state index contributed by atoms with van der Waals surface area (Å²) in [5, 5.41) is 6.58. The Bertz CT molecular complexity index is 521. The van der Waals surface area contributed by atoms with E-state index in [2.05, 4.69) is 20.6 Å². The lowest BCUT2D eigenvalue weighted by Gasteiger charge is -2.14. The molecular formula is C18H30N4O3. The zero-order valence-corrected chi connectivity index (χ0v) is 15.3. The predicted octanol–water partition coefficient (Wildman–Crippen LogP) is 1.59. The van der Waals surface area contributed by atoms with E-state index in [1.807, 2.05) is 12.1 Å². The van der Waals surface area contributed by atoms with Crippen LogP contribution in [0, 0.1) is 5.92 Å². The number of hydrogen-bond donors (Lipinski definition) is 2. The average molecular weight is 350 g/mol. The minimum atomic E-state index is 0.481. The first-order chi connectivity index (χ1) is 12.3. The molecule has 140 valence electrons. The van der Waals surface area contributed by atoms with Crippen LogP contribution in [-0.4, -0.2) is 58.1 Å². The molecule has 0 bridgehead atoms. The molecule has 7 nitrogen and oxygen atoms in total. The molecular weight excluding hydrogens is 320 g/mol. The third-order valence-electron chi connectivity index (χ3n) is 3.85. The molecule has 1 aromatic rings. The van der Waals surface area contributed by atoms with Gasteiger partial charge in [-0.1, -0.05) is 6.07 Å². The first-order valence-electron chi connectivity index (χ1n) is 8.91. The van der Waals surface area contributed by atoms with Crippen molar-refractivity contribution in [2.24, 2.45) is 10.9 Å². The van der Waals surface area contributed by atoms with Crippen LogP contribution in [0.1, 0.15) is 24.8 Å². The van der Waals surface area contributed by atoms with Crippen molar-refractivity contribution in [1.29, 1.82) is 0 Å². The summed E-state index contributed by atoms with van der Waals surface area (Å²) in [7, 11) is 3.41. The second-order valence-corrected chi connectivity index (χ2v) is 6.03. The van der Waals surface area contributed by atoms with Gasteiger partial charge in [0.05, 0.1) is 6.61 Å². The van der Waals surface area contributed by atoms with E-state index in [-0.39, 0.29) is 0 Å². The summed E-state index contributed by atoms with van der Waals surface area (Å²) in [5.74, 6) is 2.20. The Kier molecular flexibility index (Phi) is 9.07. The molecule has 1 aliphatic carbocycles. The molecule has 1 saturated carbocycles. The Morgan fingerprint density at radius 2 is 2.16 bits per heavy atom. The van der Waals surface area contributed by atoms with Gasteiger partial charge in [0.1, 0.15) is 6.61 Å². The van der Waals surface area contributed by atoms with Crippen molar-refractivity contribution in [3.05, 3.63) is 23.9 Å². The topological polar surface area (TPSA) is 77.0 Å². The van der Waals surface area contributed by atoms with Crippen molar-refractivity contribution >= 4 is 5.96 Å². The lowest BCUT2D eigenvalue weighted by molar-refractivity contribution is 0.123. The van der Waals surface area contributed by atoms with E-state index in [9.17, 15) is 0 Å². The number of guanidine groups is 1. The zero-order chi connectivity index (χ0) is 17.7. The van der Waals surface area contributed by atoms with E-state index >= 15 is 0 Å². The van der Waals surface area contributed by atoms with Gasteiger partial charge in [-0.15, -0.1) is 0 Å². The molecule has 0 aliphatic heterocycles. The monoisotopic (exact) mass is 350 g/mol. The highest BCUT2D eigenvalue weighted by Gasteiger charge is 2.20. The lowest BCUT2D eigenvalue weighted by Crippen LogP contribution is -2.37. The third kappa shape index (κ3) is 8.18. The number of nitrogens with one attached hydrogen (secondary N) is 2. The minimum absolute atomic E-state index is 0.481. The number of aliphatic imine (C=N–C) groups is 1. The van der Waals surface area contributed by atoms with Crippen LogP contribution in [0.4, 0.5) is 0 Å². The molecule has 0 atom stereocenters. The second-order valence-electron chi connectivity index (χ2n) is 6.03. The summed E-state index contributed by atoms with van der Waals surface area (Å²) in [6, 6.07) is 3.88. The van der Waals surface area contributed by atoms with E-state index in [1.54, 1.807) is 20.4 Å². The molecule has 2 N–H and O–H groups in total. The van der Waals surface area contributed by atoms with Crippen LogP contribution < -0.4 is 15.4 Å². The maximum atomic E-state index is 5.64. The van der Waals surface area contributed by atoms with E-state index in [0.717, 1.165) is 43.6 Å². The Morgan fingerprint density at radius 3 is 2.92 bits per heavy atom. The molecule has 0 saturated heterocycles. The van der Waals surface area contributed by atoms with Crippen LogP contribution in [0.3, 0.4) is 0 Å². The van der Waals surface area contributed by atoms with Gasteiger partial charge in [0.2, 0.25) is 5.88 Å². The summed E-state index contributed by atoms with van der Waals surface area (Å²) in [5.41, 5.74) is 0.981. The van der Waals surface area contributed by atoms with Crippen LogP contribution in [0.2, 0.25) is 0 Å². The fourth-order valence-corrected chi connectivity index (χ4v) is 2.23. The maximum absolute atomic E-state index is 5.64. The van der Waals surface area contributed by atoms with Crippen LogP contribution in [-0.2, 0) is 16.0 Å². The van der Waals surface area contributed by atoms with Gasteiger partial charge in [-0.3, -0.25) is 4.99 Å². The number of rotatable bonds is 12. The molecule has 1 heterocycles. The highest BCUT2D eigenvalue weighted by Crippen LogP contribution is 2.28. The molecule has 0 unspecified atom stereocenters. The van der Waals surface area contributed by atoms with Gasteiger partial charge in [0.25, 0.3) is 0 Å². The van der Waals surface area contributed by atoms with E-state index in [4.69, 9.17) is 14.2 Å². The van der Waals surface area contributed by atoms with Crippen LogP contribution in [0.15, 0.2) is 23.3 Å². The zero-order valence-electron chi connectivity index (χ0n) is 15.3. The molecule has 0 spiro atoms. The molecule has 1 fully saturated rings. The van der Waals surface area contributed by atoms with Gasteiger partial charge in [0, 0.05) is 52.2 Å². The smallest absolute Gasteiger partial charge is 0.218 e. The number of aromatic nitrogens is 1. The number of pyridine rings is 1. The van der Waals surface area contributed by atoms with Crippen molar-refractivity contribution in [2.75, 3.05) is 47.1 Å². The summed E-state index contributed by atoms with van der Waals surface area (Å²) >= 11 is 0. The van der Waals surface area contributed by atoms with E-state index in [1.165, 1.54) is 12.8 Å². The predicted molar refractivity (Wildman–Crippen MR) is 98.0 cm³/mol. The first-order valence-corrected chi connectivity index (χ1v) is 8.91. The number of hydrogen-bond acceptors (Lipinski definition) is 5. The summed E-state index contributed by atoms with van der Waals surface area (Å²) in [6.07, 6.45) is 5.35. The third-order valence-corrected chi connectivity index (χ3v) is 3.85. The first kappa shape index (κ1) is 19.5. The van der Waals surface area contributed by atoms with Gasteiger partial charge in [-0.05, 0) is 31.2 Å². The van der Waals surface area contributed by atoms with Crippen molar-refractivity contribution in [1.82, 2.24) is 15.6 Å². The number of ether oxygens (including phenoxy) is 3. The molecule has 1 aromatic heterocycles. The molecule has 25 heavy (non-hydrogen) atoms. The number of methoxy groups -OCH3 is 1. The number of nitrogens with zero attached hydrogens (tertiary/aromatic N) is 2. The van der Waals surface area contributed by atoms with Gasteiger partial charge < -0.3 is 24.8 Å². The van der Waals surface area contributed by atoms with Gasteiger partial charge in [-0.2, -0.15) is 0 Å². The molecule has 0 amide bonds. The molecule has 1 aliphatic rings. The minimum Gasteiger partial charge on any atom is -0.475 e. The van der Waals surface area contributed by atoms with Gasteiger partial charge in [-0.25, -0.2) is 4.98 Å². The summed E-state index contributed by atoms with van der Waals surface area (Å²) in [4.78, 5) is 8.51. The van der Waals surface area contributed by atoms with Crippen molar-refractivity contribution in [3.63, 3.8) is 0 Å². The van der Waals surface area contributed by atoms with Crippen LogP contribution >= 0.6 is 0 Å².